The predicted molar refractivity (Wildman–Crippen MR) is 110 cm³/mol. The summed E-state index contributed by atoms with van der Waals surface area (Å²) in [5.41, 5.74) is 4.96. The Labute approximate surface area is 160 Å². The monoisotopic (exact) mass is 368 g/mol. The number of allylic oxidation sites excluding steroid dienone is 2. The maximum atomic E-state index is 11.9. The van der Waals surface area contributed by atoms with Gasteiger partial charge in [-0.15, -0.1) is 0 Å². The van der Waals surface area contributed by atoms with Crippen LogP contribution in [-0.2, 0) is 11.2 Å². The van der Waals surface area contributed by atoms with E-state index in [2.05, 4.69) is 41.8 Å². The van der Waals surface area contributed by atoms with Gasteiger partial charge in [0.15, 0.2) is 5.78 Å². The van der Waals surface area contributed by atoms with Gasteiger partial charge in [0.05, 0.1) is 10.7 Å². The molecule has 2 N–H and O–H groups in total. The van der Waals surface area contributed by atoms with Crippen LogP contribution in [0.4, 0.5) is 11.4 Å². The molecular formula is C22H25ClN2O. The quantitative estimate of drug-likeness (QED) is 0.674. The molecule has 136 valence electrons. The van der Waals surface area contributed by atoms with Crippen molar-refractivity contribution in [1.82, 2.24) is 0 Å². The second-order valence-electron chi connectivity index (χ2n) is 6.94. The first-order valence-corrected chi connectivity index (χ1v) is 9.50. The Balaban J connectivity index is 1.66. The van der Waals surface area contributed by atoms with Crippen molar-refractivity contribution in [1.29, 1.82) is 0 Å². The van der Waals surface area contributed by atoms with Crippen LogP contribution in [0.15, 0.2) is 59.8 Å². The fraction of sp³-hybridized carbons (Fsp3) is 0.318. The molecular weight excluding hydrogens is 344 g/mol. The van der Waals surface area contributed by atoms with Crippen LogP contribution in [0.5, 0.6) is 0 Å². The van der Waals surface area contributed by atoms with Crippen molar-refractivity contribution >= 4 is 28.8 Å². The first-order valence-electron chi connectivity index (χ1n) is 9.13. The molecule has 1 aliphatic rings. The second kappa shape index (κ2) is 8.41. The van der Waals surface area contributed by atoms with Crippen molar-refractivity contribution in [2.45, 2.75) is 45.6 Å². The molecule has 0 aromatic heterocycles. The highest BCUT2D eigenvalue weighted by Crippen LogP contribution is 2.30. The molecule has 1 unspecified atom stereocenters. The average molecular weight is 369 g/mol. The van der Waals surface area contributed by atoms with E-state index >= 15 is 0 Å². The summed E-state index contributed by atoms with van der Waals surface area (Å²) in [6, 6.07) is 16.7. The van der Waals surface area contributed by atoms with E-state index in [1.54, 1.807) is 0 Å². The van der Waals surface area contributed by atoms with E-state index in [1.807, 2.05) is 31.2 Å². The zero-order chi connectivity index (χ0) is 18.5. The second-order valence-corrected chi connectivity index (χ2v) is 7.34. The number of ketones is 1. The highest BCUT2D eigenvalue weighted by molar-refractivity contribution is 6.33. The molecule has 0 fully saturated rings. The van der Waals surface area contributed by atoms with Crippen LogP contribution in [-0.4, -0.2) is 11.8 Å². The molecule has 0 radical (unpaired) electrons. The van der Waals surface area contributed by atoms with Gasteiger partial charge in [-0.2, -0.15) is 0 Å². The summed E-state index contributed by atoms with van der Waals surface area (Å²) < 4.78 is 0. The van der Waals surface area contributed by atoms with Gasteiger partial charge in [0.1, 0.15) is 0 Å². The Hall–Kier alpha value is -2.26. The molecule has 1 aliphatic carbocycles. The normalized spacial score (nSPS) is 15.7. The van der Waals surface area contributed by atoms with E-state index in [1.165, 1.54) is 5.56 Å². The molecule has 0 amide bonds. The molecule has 1 atom stereocenters. The highest BCUT2D eigenvalue weighted by atomic mass is 35.5. The average Bonchev–Trinajstić information content (AvgIpc) is 2.62. The number of rotatable bonds is 6. The van der Waals surface area contributed by atoms with E-state index in [0.29, 0.717) is 17.5 Å². The first kappa shape index (κ1) is 18.5. The Morgan fingerprint density at radius 1 is 1.12 bits per heavy atom. The van der Waals surface area contributed by atoms with Crippen LogP contribution in [0, 0.1) is 0 Å². The number of carbonyl (C=O) groups excluding carboxylic acids is 1. The molecule has 3 rings (SSSR count). The lowest BCUT2D eigenvalue weighted by Gasteiger charge is -2.20. The van der Waals surface area contributed by atoms with Crippen LogP contribution >= 0.6 is 11.6 Å². The lowest BCUT2D eigenvalue weighted by atomic mass is 9.96. The molecule has 0 spiro atoms. The van der Waals surface area contributed by atoms with Crippen molar-refractivity contribution < 1.29 is 4.79 Å². The minimum atomic E-state index is 0.225. The summed E-state index contributed by atoms with van der Waals surface area (Å²) in [5.74, 6) is 0.225. The Morgan fingerprint density at radius 3 is 2.62 bits per heavy atom. The van der Waals surface area contributed by atoms with Crippen LogP contribution in [0.2, 0.25) is 5.02 Å². The topological polar surface area (TPSA) is 41.1 Å². The number of hydrogen-bond acceptors (Lipinski definition) is 3. The van der Waals surface area contributed by atoms with E-state index in [0.717, 1.165) is 41.9 Å². The van der Waals surface area contributed by atoms with Gasteiger partial charge in [0, 0.05) is 29.4 Å². The largest absolute Gasteiger partial charge is 0.382 e. The first-order chi connectivity index (χ1) is 12.5. The van der Waals surface area contributed by atoms with Crippen LogP contribution in [0.25, 0.3) is 0 Å². The summed E-state index contributed by atoms with van der Waals surface area (Å²) in [6.45, 7) is 4.05. The van der Waals surface area contributed by atoms with Gasteiger partial charge < -0.3 is 10.6 Å². The zero-order valence-electron chi connectivity index (χ0n) is 15.3. The summed E-state index contributed by atoms with van der Waals surface area (Å²) in [5, 5.41) is 7.50. The number of halogens is 1. The fourth-order valence-electron chi connectivity index (χ4n) is 3.30. The fourth-order valence-corrected chi connectivity index (χ4v) is 3.53. The van der Waals surface area contributed by atoms with Gasteiger partial charge in [0.2, 0.25) is 0 Å². The van der Waals surface area contributed by atoms with Crippen molar-refractivity contribution in [2.24, 2.45) is 0 Å². The van der Waals surface area contributed by atoms with Crippen LogP contribution in [0.1, 0.15) is 38.7 Å². The standard InChI is InChI=1S/C22H25ClN2O/c1-15(13-17-7-4-3-5-8-17)24-18-11-12-21(19(23)14-18)25-20-9-6-10-22(26)16(20)2/h3-5,7-8,11-12,14-15,24-25H,6,9-10,13H2,1-2H3. The van der Waals surface area contributed by atoms with Crippen molar-refractivity contribution in [3.8, 4) is 0 Å². The molecule has 0 saturated heterocycles. The number of carbonyl (C=O) groups is 1. The minimum absolute atomic E-state index is 0.225. The zero-order valence-corrected chi connectivity index (χ0v) is 16.1. The summed E-state index contributed by atoms with van der Waals surface area (Å²) in [4.78, 5) is 11.9. The number of benzene rings is 2. The molecule has 0 bridgehead atoms. The SMILES string of the molecule is CC1=C(Nc2ccc(NC(C)Cc3ccccc3)cc2Cl)CCCC1=O. The summed E-state index contributed by atoms with van der Waals surface area (Å²) in [6.07, 6.45) is 3.38. The van der Waals surface area contributed by atoms with Gasteiger partial charge >= 0.3 is 0 Å². The van der Waals surface area contributed by atoms with Gasteiger partial charge in [0.25, 0.3) is 0 Å². The smallest absolute Gasteiger partial charge is 0.160 e. The summed E-state index contributed by atoms with van der Waals surface area (Å²) >= 11 is 6.47. The lowest BCUT2D eigenvalue weighted by Crippen LogP contribution is -2.18. The highest BCUT2D eigenvalue weighted by Gasteiger charge is 2.17. The third-order valence-corrected chi connectivity index (χ3v) is 5.07. The van der Waals surface area contributed by atoms with Gasteiger partial charge in [-0.25, -0.2) is 0 Å². The van der Waals surface area contributed by atoms with E-state index in [9.17, 15) is 4.79 Å². The molecule has 0 aliphatic heterocycles. The molecule has 2 aromatic carbocycles. The van der Waals surface area contributed by atoms with E-state index < -0.39 is 0 Å². The van der Waals surface area contributed by atoms with Crippen LogP contribution in [0.3, 0.4) is 0 Å². The summed E-state index contributed by atoms with van der Waals surface area (Å²) in [7, 11) is 0. The number of nitrogens with one attached hydrogen (secondary N) is 2. The van der Waals surface area contributed by atoms with E-state index in [4.69, 9.17) is 11.6 Å². The predicted octanol–water partition coefficient (Wildman–Crippen LogP) is 5.82. The van der Waals surface area contributed by atoms with E-state index in [-0.39, 0.29) is 5.78 Å². The number of Topliss-reactive ketones (excluding diaryl/α,β-unsaturated/α-hetero) is 1. The van der Waals surface area contributed by atoms with Gasteiger partial charge in [-0.05, 0) is 56.9 Å². The Bertz CT molecular complexity index is 814. The minimum Gasteiger partial charge on any atom is -0.382 e. The molecule has 2 aromatic rings. The van der Waals surface area contributed by atoms with Crippen molar-refractivity contribution in [2.75, 3.05) is 10.6 Å². The molecule has 0 saturated carbocycles. The third kappa shape index (κ3) is 4.67. The Morgan fingerprint density at radius 2 is 1.88 bits per heavy atom. The number of anilines is 2. The lowest BCUT2D eigenvalue weighted by molar-refractivity contribution is -0.116. The maximum absolute atomic E-state index is 11.9. The molecule has 3 nitrogen and oxygen atoms in total. The van der Waals surface area contributed by atoms with Crippen molar-refractivity contribution in [3.05, 3.63) is 70.4 Å². The molecule has 26 heavy (non-hydrogen) atoms. The Kier molecular flexibility index (Phi) is 6.00. The van der Waals surface area contributed by atoms with Gasteiger partial charge in [-0.3, -0.25) is 4.79 Å². The number of hydrogen-bond donors (Lipinski definition) is 2. The van der Waals surface area contributed by atoms with Crippen molar-refractivity contribution in [3.63, 3.8) is 0 Å². The third-order valence-electron chi connectivity index (χ3n) is 4.75. The van der Waals surface area contributed by atoms with Gasteiger partial charge in [-0.1, -0.05) is 41.9 Å². The molecule has 4 heteroatoms. The molecule has 0 heterocycles. The van der Waals surface area contributed by atoms with Crippen LogP contribution < -0.4 is 10.6 Å². The maximum Gasteiger partial charge on any atom is 0.160 e.